The molecular formula is C14H18O4S. The van der Waals surface area contributed by atoms with Gasteiger partial charge in [-0.15, -0.1) is 0 Å². The molecule has 0 radical (unpaired) electrons. The number of rotatable bonds is 2. The van der Waals surface area contributed by atoms with Crippen LogP contribution in [0.4, 0.5) is 0 Å². The molecule has 2 aliphatic rings. The molecule has 3 rings (SSSR count). The van der Waals surface area contributed by atoms with Gasteiger partial charge in [-0.05, 0) is 25.0 Å². The Morgan fingerprint density at radius 2 is 2.16 bits per heavy atom. The van der Waals surface area contributed by atoms with Crippen LogP contribution in [0.3, 0.4) is 0 Å². The Kier molecular flexibility index (Phi) is 2.96. The van der Waals surface area contributed by atoms with E-state index in [0.717, 1.165) is 5.56 Å². The number of benzene rings is 1. The quantitative estimate of drug-likeness (QED) is 0.889. The van der Waals surface area contributed by atoms with Crippen molar-refractivity contribution in [2.75, 3.05) is 19.0 Å². The van der Waals surface area contributed by atoms with E-state index < -0.39 is 15.3 Å². The molecule has 1 aromatic rings. The molecule has 4 nitrogen and oxygen atoms in total. The number of sulfone groups is 1. The highest BCUT2D eigenvalue weighted by Crippen LogP contribution is 2.51. The van der Waals surface area contributed by atoms with Gasteiger partial charge in [0.2, 0.25) is 0 Å². The molecule has 0 aromatic heterocycles. The molecule has 0 aliphatic carbocycles. The molecule has 0 saturated carbocycles. The second-order valence-corrected chi connectivity index (χ2v) is 7.53. The van der Waals surface area contributed by atoms with Crippen LogP contribution < -0.4 is 0 Å². The number of hydrogen-bond donors (Lipinski definition) is 1. The molecule has 1 N–H and O–H groups in total. The van der Waals surface area contributed by atoms with Crippen molar-refractivity contribution in [3.63, 3.8) is 0 Å². The van der Waals surface area contributed by atoms with Crippen molar-refractivity contribution in [1.82, 2.24) is 0 Å². The van der Waals surface area contributed by atoms with Crippen LogP contribution >= 0.6 is 0 Å². The summed E-state index contributed by atoms with van der Waals surface area (Å²) in [6.45, 7) is 2.47. The average molecular weight is 282 g/mol. The van der Waals surface area contributed by atoms with Crippen LogP contribution in [-0.4, -0.2) is 38.6 Å². The molecule has 19 heavy (non-hydrogen) atoms. The lowest BCUT2D eigenvalue weighted by Gasteiger charge is -2.36. The normalized spacial score (nSPS) is 36.3. The summed E-state index contributed by atoms with van der Waals surface area (Å²) in [5, 5.41) is 9.87. The Morgan fingerprint density at radius 3 is 2.79 bits per heavy atom. The SMILES string of the molecule is CC1OCCC1(CO)C1CS(=O)(=O)c2ccccc21. The van der Waals surface area contributed by atoms with E-state index in [-0.39, 0.29) is 24.4 Å². The van der Waals surface area contributed by atoms with Crippen molar-refractivity contribution in [3.8, 4) is 0 Å². The smallest absolute Gasteiger partial charge is 0.179 e. The highest BCUT2D eigenvalue weighted by Gasteiger charge is 2.52. The van der Waals surface area contributed by atoms with Crippen molar-refractivity contribution in [3.05, 3.63) is 29.8 Å². The van der Waals surface area contributed by atoms with Crippen molar-refractivity contribution >= 4 is 9.84 Å². The number of aliphatic hydroxyl groups is 1. The first-order chi connectivity index (χ1) is 9.01. The van der Waals surface area contributed by atoms with Crippen molar-refractivity contribution < 1.29 is 18.3 Å². The van der Waals surface area contributed by atoms with Gasteiger partial charge in [0, 0.05) is 17.9 Å². The third kappa shape index (κ3) is 1.75. The van der Waals surface area contributed by atoms with E-state index in [9.17, 15) is 13.5 Å². The Hall–Kier alpha value is -0.910. The zero-order valence-corrected chi connectivity index (χ0v) is 11.7. The summed E-state index contributed by atoms with van der Waals surface area (Å²) >= 11 is 0. The van der Waals surface area contributed by atoms with E-state index in [2.05, 4.69) is 0 Å². The summed E-state index contributed by atoms with van der Waals surface area (Å²) in [5.41, 5.74) is 0.369. The van der Waals surface area contributed by atoms with Crippen molar-refractivity contribution in [2.24, 2.45) is 5.41 Å². The molecule has 1 fully saturated rings. The summed E-state index contributed by atoms with van der Waals surface area (Å²) in [5.74, 6) is -0.0863. The van der Waals surface area contributed by atoms with Gasteiger partial charge in [0.15, 0.2) is 9.84 Å². The molecule has 0 amide bonds. The first kappa shape index (κ1) is 13.1. The highest BCUT2D eigenvalue weighted by molar-refractivity contribution is 7.91. The fraction of sp³-hybridized carbons (Fsp3) is 0.571. The van der Waals surface area contributed by atoms with E-state index >= 15 is 0 Å². The number of ether oxygens (including phenoxy) is 1. The second-order valence-electron chi connectivity index (χ2n) is 5.53. The lowest BCUT2D eigenvalue weighted by molar-refractivity contribution is 0.0138. The van der Waals surface area contributed by atoms with E-state index in [1.807, 2.05) is 19.1 Å². The van der Waals surface area contributed by atoms with E-state index in [1.54, 1.807) is 12.1 Å². The largest absolute Gasteiger partial charge is 0.396 e. The summed E-state index contributed by atoms with van der Waals surface area (Å²) in [6.07, 6.45) is 0.586. The van der Waals surface area contributed by atoms with Crippen LogP contribution in [0, 0.1) is 5.41 Å². The topological polar surface area (TPSA) is 63.6 Å². The predicted molar refractivity (Wildman–Crippen MR) is 70.8 cm³/mol. The van der Waals surface area contributed by atoms with E-state index in [4.69, 9.17) is 4.74 Å². The van der Waals surface area contributed by atoms with Gasteiger partial charge >= 0.3 is 0 Å². The summed E-state index contributed by atoms with van der Waals surface area (Å²) in [4.78, 5) is 0.423. The first-order valence-corrected chi connectivity index (χ1v) is 8.21. The Morgan fingerprint density at radius 1 is 1.42 bits per heavy atom. The minimum absolute atomic E-state index is 0.0390. The Bertz CT molecular complexity index is 595. The van der Waals surface area contributed by atoms with E-state index in [1.165, 1.54) is 0 Å². The Labute approximate surface area is 113 Å². The molecule has 2 heterocycles. The van der Waals surface area contributed by atoms with Gasteiger partial charge in [-0.25, -0.2) is 8.42 Å². The summed E-state index contributed by atoms with van der Waals surface area (Å²) < 4.78 is 30.1. The van der Waals surface area contributed by atoms with Crippen molar-refractivity contribution in [2.45, 2.75) is 30.3 Å². The monoisotopic (exact) mass is 282 g/mol. The third-order valence-corrected chi connectivity index (χ3v) is 6.56. The molecule has 0 spiro atoms. The highest BCUT2D eigenvalue weighted by atomic mass is 32.2. The average Bonchev–Trinajstić information content (AvgIpc) is 2.90. The minimum atomic E-state index is -3.23. The second kappa shape index (κ2) is 4.30. The molecule has 2 aliphatic heterocycles. The van der Waals surface area contributed by atoms with Gasteiger partial charge in [-0.3, -0.25) is 0 Å². The van der Waals surface area contributed by atoms with Crippen LogP contribution in [-0.2, 0) is 14.6 Å². The molecule has 104 valence electrons. The fourth-order valence-electron chi connectivity index (χ4n) is 3.50. The van der Waals surface area contributed by atoms with Gasteiger partial charge in [-0.2, -0.15) is 0 Å². The van der Waals surface area contributed by atoms with Gasteiger partial charge in [-0.1, -0.05) is 18.2 Å². The van der Waals surface area contributed by atoms with Gasteiger partial charge in [0.05, 0.1) is 23.4 Å². The first-order valence-electron chi connectivity index (χ1n) is 6.55. The van der Waals surface area contributed by atoms with Gasteiger partial charge in [0.25, 0.3) is 0 Å². The molecule has 3 atom stereocenters. The molecule has 1 saturated heterocycles. The fourth-order valence-corrected chi connectivity index (χ4v) is 5.48. The predicted octanol–water partition coefficient (Wildman–Crippen LogP) is 1.34. The van der Waals surface area contributed by atoms with Crippen LogP contribution in [0.2, 0.25) is 0 Å². The zero-order chi connectivity index (χ0) is 13.7. The third-order valence-electron chi connectivity index (χ3n) is 4.75. The zero-order valence-electron chi connectivity index (χ0n) is 10.9. The maximum Gasteiger partial charge on any atom is 0.179 e. The minimum Gasteiger partial charge on any atom is -0.396 e. The van der Waals surface area contributed by atoms with Crippen LogP contribution in [0.1, 0.15) is 24.8 Å². The molecule has 0 bridgehead atoms. The lowest BCUT2D eigenvalue weighted by Crippen LogP contribution is -2.39. The molecular weight excluding hydrogens is 264 g/mol. The van der Waals surface area contributed by atoms with Crippen LogP contribution in [0.25, 0.3) is 0 Å². The number of hydrogen-bond acceptors (Lipinski definition) is 4. The summed E-state index contributed by atoms with van der Waals surface area (Å²) in [6, 6.07) is 7.14. The summed E-state index contributed by atoms with van der Waals surface area (Å²) in [7, 11) is -3.23. The molecule has 3 unspecified atom stereocenters. The van der Waals surface area contributed by atoms with Gasteiger partial charge < -0.3 is 9.84 Å². The maximum absolute atomic E-state index is 12.3. The maximum atomic E-state index is 12.3. The number of fused-ring (bicyclic) bond motifs is 1. The van der Waals surface area contributed by atoms with E-state index in [0.29, 0.717) is 17.9 Å². The Balaban J connectivity index is 2.13. The molecule has 5 heteroatoms. The van der Waals surface area contributed by atoms with Crippen LogP contribution in [0.5, 0.6) is 0 Å². The standard InChI is InChI=1S/C14H18O4S/c1-10-14(9-15,6-7-18-10)12-8-19(16,17)13-5-3-2-4-11(12)13/h2-5,10,12,15H,6-9H2,1H3. The van der Waals surface area contributed by atoms with Gasteiger partial charge in [0.1, 0.15) is 0 Å². The number of aliphatic hydroxyl groups excluding tert-OH is 1. The van der Waals surface area contributed by atoms with Crippen LogP contribution in [0.15, 0.2) is 29.2 Å². The molecule has 1 aromatic carbocycles. The lowest BCUT2D eigenvalue weighted by atomic mass is 9.69. The van der Waals surface area contributed by atoms with Crippen molar-refractivity contribution in [1.29, 1.82) is 0 Å².